The van der Waals surface area contributed by atoms with E-state index < -0.39 is 0 Å². The first-order valence-electron chi connectivity index (χ1n) is 6.89. The van der Waals surface area contributed by atoms with Gasteiger partial charge < -0.3 is 10.8 Å². The third-order valence-corrected chi connectivity index (χ3v) is 3.74. The molecule has 1 saturated carbocycles. The lowest BCUT2D eigenvalue weighted by Crippen LogP contribution is -2.29. The average molecular weight is 229 g/mol. The number of aliphatic hydroxyl groups excluding tert-OH is 1. The molecule has 0 amide bonds. The number of hydrogen-bond acceptors (Lipinski definition) is 2. The molecule has 1 aliphatic carbocycles. The highest BCUT2D eigenvalue weighted by molar-refractivity contribution is 4.79. The predicted octanol–water partition coefficient (Wildman–Crippen LogP) is 3.18. The molecule has 3 unspecified atom stereocenters. The average Bonchev–Trinajstić information content (AvgIpc) is 2.29. The quantitative estimate of drug-likeness (QED) is 0.777. The van der Waals surface area contributed by atoms with Crippen LogP contribution < -0.4 is 5.73 Å². The van der Waals surface area contributed by atoms with Gasteiger partial charge in [-0.2, -0.15) is 0 Å². The number of rotatable bonds is 4. The summed E-state index contributed by atoms with van der Waals surface area (Å²) in [5, 5.41) is 9.90. The lowest BCUT2D eigenvalue weighted by atomic mass is 9.76. The molecule has 0 aromatic rings. The number of aliphatic hydroxyl groups is 1. The van der Waals surface area contributed by atoms with E-state index in [1.54, 1.807) is 0 Å². The van der Waals surface area contributed by atoms with E-state index in [-0.39, 0.29) is 6.10 Å². The van der Waals surface area contributed by atoms with Gasteiger partial charge in [-0.05, 0) is 44.1 Å². The maximum absolute atomic E-state index is 9.90. The minimum Gasteiger partial charge on any atom is -0.393 e. The molecule has 16 heavy (non-hydrogen) atoms. The zero-order valence-corrected chi connectivity index (χ0v) is 11.6. The van der Waals surface area contributed by atoms with Crippen LogP contribution in [0.15, 0.2) is 0 Å². The maximum atomic E-state index is 9.90. The van der Waals surface area contributed by atoms with Crippen LogP contribution in [0.4, 0.5) is 0 Å². The molecule has 0 radical (unpaired) electrons. The van der Waals surface area contributed by atoms with Crippen LogP contribution in [-0.4, -0.2) is 18.3 Å². The molecule has 3 atom stereocenters. The Hall–Kier alpha value is -0.0800. The van der Waals surface area contributed by atoms with Crippen molar-refractivity contribution in [2.75, 3.05) is 7.05 Å². The van der Waals surface area contributed by atoms with Crippen molar-refractivity contribution in [1.29, 1.82) is 0 Å². The molecule has 0 saturated heterocycles. The third kappa shape index (κ3) is 5.86. The molecule has 1 rings (SSSR count). The molecular weight excluding hydrogens is 198 g/mol. The van der Waals surface area contributed by atoms with Crippen molar-refractivity contribution in [2.45, 2.75) is 65.4 Å². The molecule has 2 heteroatoms. The summed E-state index contributed by atoms with van der Waals surface area (Å²) >= 11 is 0. The minimum absolute atomic E-state index is 0.00841. The largest absolute Gasteiger partial charge is 0.393 e. The Morgan fingerprint density at radius 1 is 1.25 bits per heavy atom. The van der Waals surface area contributed by atoms with E-state index in [0.29, 0.717) is 5.92 Å². The molecule has 0 aromatic carbocycles. The minimum atomic E-state index is -0.00841. The summed E-state index contributed by atoms with van der Waals surface area (Å²) in [5.41, 5.74) is 4.50. The van der Waals surface area contributed by atoms with Crippen molar-refractivity contribution in [1.82, 2.24) is 0 Å². The zero-order chi connectivity index (χ0) is 12.6. The van der Waals surface area contributed by atoms with E-state index in [9.17, 15) is 5.11 Å². The lowest BCUT2D eigenvalue weighted by Gasteiger charge is -2.32. The van der Waals surface area contributed by atoms with E-state index >= 15 is 0 Å². The van der Waals surface area contributed by atoms with Crippen LogP contribution in [0, 0.1) is 17.8 Å². The second kappa shape index (κ2) is 9.00. The van der Waals surface area contributed by atoms with Gasteiger partial charge in [-0.3, -0.25) is 0 Å². The van der Waals surface area contributed by atoms with Gasteiger partial charge in [0.1, 0.15) is 0 Å². The van der Waals surface area contributed by atoms with Crippen molar-refractivity contribution in [3.8, 4) is 0 Å². The van der Waals surface area contributed by atoms with Crippen LogP contribution in [0.5, 0.6) is 0 Å². The van der Waals surface area contributed by atoms with Crippen LogP contribution in [0.25, 0.3) is 0 Å². The van der Waals surface area contributed by atoms with E-state index in [0.717, 1.165) is 24.7 Å². The van der Waals surface area contributed by atoms with E-state index in [1.165, 1.54) is 32.7 Å². The molecule has 0 heterocycles. The second-order valence-corrected chi connectivity index (χ2v) is 5.39. The highest BCUT2D eigenvalue weighted by Gasteiger charge is 2.27. The lowest BCUT2D eigenvalue weighted by molar-refractivity contribution is 0.0397. The van der Waals surface area contributed by atoms with Crippen molar-refractivity contribution in [3.63, 3.8) is 0 Å². The van der Waals surface area contributed by atoms with Crippen LogP contribution in [0.3, 0.4) is 0 Å². The first kappa shape index (κ1) is 15.9. The Kier molecular flexibility index (Phi) is 8.96. The van der Waals surface area contributed by atoms with Gasteiger partial charge in [0.05, 0.1) is 6.10 Å². The normalized spacial score (nSPS) is 29.8. The molecule has 0 aliphatic heterocycles. The van der Waals surface area contributed by atoms with Crippen LogP contribution >= 0.6 is 0 Å². The number of hydrogen-bond donors (Lipinski definition) is 2. The summed E-state index contributed by atoms with van der Waals surface area (Å²) in [7, 11) is 1.50. The third-order valence-electron chi connectivity index (χ3n) is 3.74. The molecule has 1 fully saturated rings. The Bertz CT molecular complexity index is 159. The van der Waals surface area contributed by atoms with E-state index in [1.807, 2.05) is 0 Å². The van der Waals surface area contributed by atoms with Gasteiger partial charge in [0.25, 0.3) is 0 Å². The first-order valence-corrected chi connectivity index (χ1v) is 6.89. The van der Waals surface area contributed by atoms with Crippen LogP contribution in [0.2, 0.25) is 0 Å². The monoisotopic (exact) mass is 229 g/mol. The topological polar surface area (TPSA) is 46.2 Å². The molecule has 3 N–H and O–H groups in total. The smallest absolute Gasteiger partial charge is 0.0570 e. The molecule has 1 aliphatic rings. The first-order chi connectivity index (χ1) is 7.63. The SMILES string of the molecule is CCC1CCC(CCC(C)C)CC1O.CN. The molecular formula is C14H31NO. The fourth-order valence-corrected chi connectivity index (χ4v) is 2.60. The fourth-order valence-electron chi connectivity index (χ4n) is 2.60. The van der Waals surface area contributed by atoms with Gasteiger partial charge in [0.15, 0.2) is 0 Å². The number of nitrogens with two attached hydrogens (primary N) is 1. The van der Waals surface area contributed by atoms with Crippen molar-refractivity contribution >= 4 is 0 Å². The predicted molar refractivity (Wildman–Crippen MR) is 71.3 cm³/mol. The Morgan fingerprint density at radius 2 is 1.88 bits per heavy atom. The van der Waals surface area contributed by atoms with Gasteiger partial charge in [0.2, 0.25) is 0 Å². The van der Waals surface area contributed by atoms with Gasteiger partial charge in [-0.25, -0.2) is 0 Å². The van der Waals surface area contributed by atoms with Gasteiger partial charge in [0, 0.05) is 0 Å². The highest BCUT2D eigenvalue weighted by atomic mass is 16.3. The molecule has 0 aromatic heterocycles. The van der Waals surface area contributed by atoms with Crippen molar-refractivity contribution in [2.24, 2.45) is 23.5 Å². The van der Waals surface area contributed by atoms with Crippen LogP contribution in [0.1, 0.15) is 59.3 Å². The van der Waals surface area contributed by atoms with E-state index in [2.05, 4.69) is 26.5 Å². The van der Waals surface area contributed by atoms with Gasteiger partial charge in [-0.15, -0.1) is 0 Å². The zero-order valence-electron chi connectivity index (χ0n) is 11.6. The fraction of sp³-hybridized carbons (Fsp3) is 1.00. The van der Waals surface area contributed by atoms with Crippen LogP contribution in [-0.2, 0) is 0 Å². The standard InChI is InChI=1S/C13H26O.CH5N/c1-4-12-8-7-11(9-13(12)14)6-5-10(2)3;1-2/h10-14H,4-9H2,1-3H3;2H2,1H3. The van der Waals surface area contributed by atoms with Crippen molar-refractivity contribution < 1.29 is 5.11 Å². The molecule has 98 valence electrons. The highest BCUT2D eigenvalue weighted by Crippen LogP contribution is 2.33. The van der Waals surface area contributed by atoms with Gasteiger partial charge >= 0.3 is 0 Å². The summed E-state index contributed by atoms with van der Waals surface area (Å²) in [6.07, 6.45) is 7.46. The Balaban J connectivity index is 0.00000106. The Morgan fingerprint density at radius 3 is 2.31 bits per heavy atom. The molecule has 0 spiro atoms. The summed E-state index contributed by atoms with van der Waals surface area (Å²) in [4.78, 5) is 0. The Labute approximate surface area is 102 Å². The van der Waals surface area contributed by atoms with Crippen molar-refractivity contribution in [3.05, 3.63) is 0 Å². The maximum Gasteiger partial charge on any atom is 0.0570 e. The summed E-state index contributed by atoms with van der Waals surface area (Å²) in [6, 6.07) is 0. The second-order valence-electron chi connectivity index (χ2n) is 5.39. The summed E-state index contributed by atoms with van der Waals surface area (Å²) in [6.45, 7) is 6.77. The van der Waals surface area contributed by atoms with Gasteiger partial charge in [-0.1, -0.05) is 40.0 Å². The summed E-state index contributed by atoms with van der Waals surface area (Å²) in [5.74, 6) is 2.21. The molecule has 0 bridgehead atoms. The van der Waals surface area contributed by atoms with E-state index in [4.69, 9.17) is 0 Å². The summed E-state index contributed by atoms with van der Waals surface area (Å²) < 4.78 is 0. The molecule has 2 nitrogen and oxygen atoms in total.